The van der Waals surface area contributed by atoms with Crippen molar-refractivity contribution in [3.8, 4) is 0 Å². The number of aromatic nitrogens is 2. The van der Waals surface area contributed by atoms with E-state index in [1.807, 2.05) is 39.3 Å². The van der Waals surface area contributed by atoms with Crippen LogP contribution in [-0.2, 0) is 0 Å². The molecule has 5 nitrogen and oxygen atoms in total. The van der Waals surface area contributed by atoms with Crippen molar-refractivity contribution in [2.75, 3.05) is 36.7 Å². The molecule has 19 heavy (non-hydrogen) atoms. The number of hydrogen-bond acceptors (Lipinski definition) is 5. The number of hydrogen-bond donors (Lipinski definition) is 2. The van der Waals surface area contributed by atoms with Gasteiger partial charge in [-0.2, -0.15) is 0 Å². The number of benzene rings is 1. The van der Waals surface area contributed by atoms with Gasteiger partial charge in [-0.05, 0) is 28.1 Å². The zero-order valence-corrected chi connectivity index (χ0v) is 12.7. The Labute approximate surface area is 121 Å². The van der Waals surface area contributed by atoms with Crippen molar-refractivity contribution in [3.05, 3.63) is 35.1 Å². The minimum Gasteiger partial charge on any atom is -0.376 e. The summed E-state index contributed by atoms with van der Waals surface area (Å²) in [4.78, 5) is 10.4. The summed E-state index contributed by atoms with van der Waals surface area (Å²) in [6, 6.07) is 8.07. The lowest BCUT2D eigenvalue weighted by atomic mass is 10.2. The highest BCUT2D eigenvalue weighted by Gasteiger charge is 2.10. The molecule has 2 aromatic rings. The second-order valence-electron chi connectivity index (χ2n) is 4.17. The van der Waals surface area contributed by atoms with E-state index in [1.54, 1.807) is 0 Å². The number of anilines is 4. The third-order valence-electron chi connectivity index (χ3n) is 2.67. The first kappa shape index (κ1) is 13.6. The molecule has 0 atom stereocenters. The van der Waals surface area contributed by atoms with Gasteiger partial charge in [0.1, 0.15) is 22.4 Å². The fraction of sp³-hybridized carbons (Fsp3) is 0.231. The summed E-state index contributed by atoms with van der Waals surface area (Å²) in [6.45, 7) is 0. The maximum atomic E-state index is 4.25. The van der Waals surface area contributed by atoms with E-state index in [4.69, 9.17) is 0 Å². The van der Waals surface area contributed by atoms with Crippen LogP contribution in [-0.4, -0.2) is 31.1 Å². The van der Waals surface area contributed by atoms with Crippen LogP contribution in [0, 0.1) is 0 Å². The molecule has 0 aliphatic rings. The standard InChI is InChI=1S/C13H16BrN5/c1-15-12-11(14)13(17-8-16-12)18-9-6-4-5-7-10(9)19(2)3/h4-8H,1-3H3,(H2,15,16,17,18). The summed E-state index contributed by atoms with van der Waals surface area (Å²) in [7, 11) is 5.84. The summed E-state index contributed by atoms with van der Waals surface area (Å²) in [5.41, 5.74) is 2.09. The number of rotatable bonds is 4. The molecule has 1 aromatic heterocycles. The van der Waals surface area contributed by atoms with Gasteiger partial charge in [-0.25, -0.2) is 9.97 Å². The van der Waals surface area contributed by atoms with Gasteiger partial charge in [0.25, 0.3) is 0 Å². The molecule has 0 aliphatic heterocycles. The Morgan fingerprint density at radius 2 is 1.79 bits per heavy atom. The molecule has 6 heteroatoms. The van der Waals surface area contributed by atoms with E-state index < -0.39 is 0 Å². The highest BCUT2D eigenvalue weighted by Crippen LogP contribution is 2.32. The molecule has 100 valence electrons. The van der Waals surface area contributed by atoms with E-state index in [2.05, 4.69) is 47.5 Å². The summed E-state index contributed by atoms with van der Waals surface area (Å²) >= 11 is 3.50. The molecule has 0 saturated carbocycles. The van der Waals surface area contributed by atoms with Crippen molar-refractivity contribution in [1.82, 2.24) is 9.97 Å². The summed E-state index contributed by atoms with van der Waals surface area (Å²) < 4.78 is 0.811. The average Bonchev–Trinajstić information content (AvgIpc) is 2.41. The van der Waals surface area contributed by atoms with E-state index in [1.165, 1.54) is 6.33 Å². The lowest BCUT2D eigenvalue weighted by Crippen LogP contribution is -2.11. The molecule has 0 bridgehead atoms. The molecule has 0 fully saturated rings. The predicted molar refractivity (Wildman–Crippen MR) is 83.3 cm³/mol. The van der Waals surface area contributed by atoms with Gasteiger partial charge in [-0.15, -0.1) is 0 Å². The first-order valence-corrected chi connectivity index (χ1v) is 6.64. The van der Waals surface area contributed by atoms with Gasteiger partial charge in [-0.1, -0.05) is 12.1 Å². The molecular formula is C13H16BrN5. The highest BCUT2D eigenvalue weighted by atomic mass is 79.9. The Hall–Kier alpha value is -1.82. The average molecular weight is 322 g/mol. The highest BCUT2D eigenvalue weighted by molar-refractivity contribution is 9.10. The molecule has 0 amide bonds. The Bertz CT molecular complexity index is 571. The SMILES string of the molecule is CNc1ncnc(Nc2ccccc2N(C)C)c1Br. The monoisotopic (exact) mass is 321 g/mol. The van der Waals surface area contributed by atoms with Crippen molar-refractivity contribution in [2.24, 2.45) is 0 Å². The molecule has 0 saturated heterocycles. The number of nitrogens with zero attached hydrogens (tertiary/aromatic N) is 3. The normalized spacial score (nSPS) is 10.1. The van der Waals surface area contributed by atoms with Crippen LogP contribution in [0.25, 0.3) is 0 Å². The second-order valence-corrected chi connectivity index (χ2v) is 4.96. The van der Waals surface area contributed by atoms with Crippen molar-refractivity contribution in [1.29, 1.82) is 0 Å². The van der Waals surface area contributed by atoms with Crippen LogP contribution in [0.15, 0.2) is 35.1 Å². The third-order valence-corrected chi connectivity index (χ3v) is 3.42. The van der Waals surface area contributed by atoms with Crippen molar-refractivity contribution in [3.63, 3.8) is 0 Å². The van der Waals surface area contributed by atoms with Crippen LogP contribution in [0.2, 0.25) is 0 Å². The van der Waals surface area contributed by atoms with Crippen LogP contribution in [0.5, 0.6) is 0 Å². The van der Waals surface area contributed by atoms with E-state index >= 15 is 0 Å². The minimum absolute atomic E-state index is 0.730. The largest absolute Gasteiger partial charge is 0.376 e. The number of halogens is 1. The molecule has 2 rings (SSSR count). The Morgan fingerprint density at radius 1 is 1.11 bits per heavy atom. The van der Waals surface area contributed by atoms with E-state index in [9.17, 15) is 0 Å². The fourth-order valence-corrected chi connectivity index (χ4v) is 2.23. The van der Waals surface area contributed by atoms with E-state index in [0.29, 0.717) is 0 Å². The van der Waals surface area contributed by atoms with Gasteiger partial charge in [0.15, 0.2) is 0 Å². The maximum Gasteiger partial charge on any atom is 0.150 e. The third kappa shape index (κ3) is 2.96. The van der Waals surface area contributed by atoms with Crippen molar-refractivity contribution >= 4 is 38.9 Å². The molecule has 1 heterocycles. The zero-order valence-electron chi connectivity index (χ0n) is 11.1. The molecule has 2 N–H and O–H groups in total. The fourth-order valence-electron chi connectivity index (χ4n) is 1.73. The van der Waals surface area contributed by atoms with Crippen LogP contribution in [0.4, 0.5) is 23.0 Å². The number of para-hydroxylation sites is 2. The van der Waals surface area contributed by atoms with Gasteiger partial charge >= 0.3 is 0 Å². The van der Waals surface area contributed by atoms with Crippen molar-refractivity contribution < 1.29 is 0 Å². The molecule has 0 aliphatic carbocycles. The first-order valence-electron chi connectivity index (χ1n) is 5.85. The van der Waals surface area contributed by atoms with Gasteiger partial charge in [0.05, 0.1) is 11.4 Å². The molecular weight excluding hydrogens is 306 g/mol. The van der Waals surface area contributed by atoms with Gasteiger partial charge in [-0.3, -0.25) is 0 Å². The Morgan fingerprint density at radius 3 is 2.47 bits per heavy atom. The summed E-state index contributed by atoms with van der Waals surface area (Å²) in [5, 5.41) is 6.33. The summed E-state index contributed by atoms with van der Waals surface area (Å²) in [5.74, 6) is 1.48. The van der Waals surface area contributed by atoms with Crippen molar-refractivity contribution in [2.45, 2.75) is 0 Å². The van der Waals surface area contributed by atoms with Crippen LogP contribution >= 0.6 is 15.9 Å². The second kappa shape index (κ2) is 5.88. The Balaban J connectivity index is 2.37. The van der Waals surface area contributed by atoms with Crippen LogP contribution < -0.4 is 15.5 Å². The summed E-state index contributed by atoms with van der Waals surface area (Å²) in [6.07, 6.45) is 1.52. The zero-order chi connectivity index (χ0) is 13.8. The van der Waals surface area contributed by atoms with Crippen LogP contribution in [0.3, 0.4) is 0 Å². The number of nitrogens with one attached hydrogen (secondary N) is 2. The minimum atomic E-state index is 0.730. The van der Waals surface area contributed by atoms with Gasteiger partial charge in [0.2, 0.25) is 0 Å². The first-order chi connectivity index (χ1) is 9.13. The van der Waals surface area contributed by atoms with Gasteiger partial charge < -0.3 is 15.5 Å². The molecule has 0 unspecified atom stereocenters. The molecule has 1 aromatic carbocycles. The van der Waals surface area contributed by atoms with E-state index in [-0.39, 0.29) is 0 Å². The lowest BCUT2D eigenvalue weighted by Gasteiger charge is -2.18. The molecule has 0 spiro atoms. The lowest BCUT2D eigenvalue weighted by molar-refractivity contribution is 1.12. The topological polar surface area (TPSA) is 53.1 Å². The molecule has 0 radical (unpaired) electrons. The smallest absolute Gasteiger partial charge is 0.150 e. The van der Waals surface area contributed by atoms with Gasteiger partial charge in [0, 0.05) is 21.1 Å². The van der Waals surface area contributed by atoms with Crippen LogP contribution in [0.1, 0.15) is 0 Å². The maximum absolute atomic E-state index is 4.25. The predicted octanol–water partition coefficient (Wildman–Crippen LogP) is 3.09. The quantitative estimate of drug-likeness (QED) is 0.906. The van der Waals surface area contributed by atoms with E-state index in [0.717, 1.165) is 27.5 Å². The Kier molecular flexibility index (Phi) is 4.21.